The van der Waals surface area contributed by atoms with Crippen LogP contribution in [0.15, 0.2) is 48.5 Å². The van der Waals surface area contributed by atoms with E-state index in [1.165, 1.54) is 0 Å². The second-order valence-electron chi connectivity index (χ2n) is 11.9. The van der Waals surface area contributed by atoms with Crippen molar-refractivity contribution in [1.29, 1.82) is 0 Å². The first-order valence-corrected chi connectivity index (χ1v) is 13.7. The molecule has 0 aliphatic rings. The number of benzene rings is 2. The van der Waals surface area contributed by atoms with E-state index in [9.17, 15) is 19.2 Å². The molecule has 0 fully saturated rings. The van der Waals surface area contributed by atoms with E-state index < -0.39 is 0 Å². The second-order valence-corrected chi connectivity index (χ2v) is 11.9. The lowest BCUT2D eigenvalue weighted by Crippen LogP contribution is -2.40. The number of anilines is 2. The van der Waals surface area contributed by atoms with Crippen LogP contribution in [0.3, 0.4) is 0 Å². The van der Waals surface area contributed by atoms with Crippen LogP contribution in [-0.2, 0) is 9.59 Å². The molecule has 8 nitrogen and oxygen atoms in total. The quantitative estimate of drug-likeness (QED) is 0.247. The summed E-state index contributed by atoms with van der Waals surface area (Å²) in [7, 11) is 0. The first kappa shape index (κ1) is 31.5. The summed E-state index contributed by atoms with van der Waals surface area (Å²) in [5, 5.41) is 11.6. The molecular formula is C31H44N4O4. The first-order valence-electron chi connectivity index (χ1n) is 13.7. The first-order chi connectivity index (χ1) is 18.2. The Morgan fingerprint density at radius 2 is 0.821 bits per heavy atom. The summed E-state index contributed by atoms with van der Waals surface area (Å²) in [5.41, 5.74) is 1.82. The van der Waals surface area contributed by atoms with Gasteiger partial charge in [-0.2, -0.15) is 0 Å². The van der Waals surface area contributed by atoms with Crippen molar-refractivity contribution in [2.45, 2.75) is 97.6 Å². The van der Waals surface area contributed by atoms with Crippen molar-refractivity contribution in [3.63, 3.8) is 0 Å². The van der Waals surface area contributed by atoms with Crippen LogP contribution in [0.5, 0.6) is 0 Å². The normalized spacial score (nSPS) is 11.4. The Morgan fingerprint density at radius 1 is 0.513 bits per heavy atom. The van der Waals surface area contributed by atoms with Crippen LogP contribution < -0.4 is 21.3 Å². The maximum absolute atomic E-state index is 12.2. The van der Waals surface area contributed by atoms with Crippen molar-refractivity contribution in [3.8, 4) is 0 Å². The molecule has 0 heterocycles. The highest BCUT2D eigenvalue weighted by Crippen LogP contribution is 2.15. The molecule has 8 heteroatoms. The molecule has 2 rings (SSSR count). The third-order valence-corrected chi connectivity index (χ3v) is 5.65. The number of unbranched alkanes of at least 4 members (excludes halogenated alkanes) is 4. The minimum Gasteiger partial charge on any atom is -0.347 e. The Bertz CT molecular complexity index is 1020. The summed E-state index contributed by atoms with van der Waals surface area (Å²) < 4.78 is 0. The number of nitrogens with one attached hydrogen (secondary N) is 4. The Kier molecular flexibility index (Phi) is 11.7. The Hall–Kier alpha value is -3.68. The van der Waals surface area contributed by atoms with Crippen LogP contribution in [0.25, 0.3) is 0 Å². The van der Waals surface area contributed by atoms with E-state index in [1.807, 2.05) is 41.5 Å². The van der Waals surface area contributed by atoms with Crippen molar-refractivity contribution in [1.82, 2.24) is 10.6 Å². The van der Waals surface area contributed by atoms with Crippen molar-refractivity contribution >= 4 is 35.0 Å². The maximum atomic E-state index is 12.2. The van der Waals surface area contributed by atoms with Gasteiger partial charge in [-0.05, 0) is 103 Å². The minimum atomic E-state index is -0.309. The van der Waals surface area contributed by atoms with Gasteiger partial charge in [-0.25, -0.2) is 0 Å². The van der Waals surface area contributed by atoms with Gasteiger partial charge in [0.05, 0.1) is 0 Å². The largest absolute Gasteiger partial charge is 0.347 e. The average Bonchev–Trinajstić information content (AvgIpc) is 2.82. The van der Waals surface area contributed by atoms with Gasteiger partial charge in [0.1, 0.15) is 0 Å². The van der Waals surface area contributed by atoms with Crippen LogP contribution in [0.2, 0.25) is 0 Å². The van der Waals surface area contributed by atoms with E-state index in [2.05, 4.69) is 21.3 Å². The molecule has 0 aliphatic heterocycles. The Balaban J connectivity index is 1.58. The summed E-state index contributed by atoms with van der Waals surface area (Å²) in [5.74, 6) is -0.394. The fraction of sp³-hybridized carbons (Fsp3) is 0.484. The highest BCUT2D eigenvalue weighted by atomic mass is 16.2. The van der Waals surface area contributed by atoms with Crippen LogP contribution >= 0.6 is 0 Å². The lowest BCUT2D eigenvalue weighted by molar-refractivity contribution is -0.117. The molecule has 2 aromatic carbocycles. The minimum absolute atomic E-state index is 0.0526. The third-order valence-electron chi connectivity index (χ3n) is 5.65. The number of hydrogen-bond acceptors (Lipinski definition) is 4. The smallest absolute Gasteiger partial charge is 0.251 e. The van der Waals surface area contributed by atoms with Gasteiger partial charge in [0.25, 0.3) is 11.8 Å². The van der Waals surface area contributed by atoms with Crippen molar-refractivity contribution < 1.29 is 19.2 Å². The predicted octanol–water partition coefficient (Wildman–Crippen LogP) is 6.05. The van der Waals surface area contributed by atoms with Crippen molar-refractivity contribution in [2.75, 3.05) is 10.6 Å². The predicted molar refractivity (Wildman–Crippen MR) is 157 cm³/mol. The third kappa shape index (κ3) is 13.1. The van der Waals surface area contributed by atoms with Gasteiger partial charge in [0.2, 0.25) is 11.8 Å². The SMILES string of the molecule is CC(C)(C)NC(=O)c1ccc(NC(=O)CCCCCCCC(=O)Nc2ccc(C(=O)NC(C)(C)C)cc2)cc1. The van der Waals surface area contributed by atoms with Crippen LogP contribution in [0, 0.1) is 0 Å². The molecule has 0 spiro atoms. The second kappa shape index (κ2) is 14.5. The zero-order valence-corrected chi connectivity index (χ0v) is 24.2. The van der Waals surface area contributed by atoms with Gasteiger partial charge in [0.15, 0.2) is 0 Å². The van der Waals surface area contributed by atoms with E-state index in [1.54, 1.807) is 48.5 Å². The van der Waals surface area contributed by atoms with E-state index in [0.717, 1.165) is 32.1 Å². The number of carbonyl (C=O) groups is 4. The van der Waals surface area contributed by atoms with E-state index in [0.29, 0.717) is 35.3 Å². The molecule has 4 N–H and O–H groups in total. The van der Waals surface area contributed by atoms with Crippen LogP contribution in [0.1, 0.15) is 107 Å². The van der Waals surface area contributed by atoms with Crippen molar-refractivity contribution in [2.24, 2.45) is 0 Å². The summed E-state index contributed by atoms with van der Waals surface area (Å²) in [6.07, 6.45) is 5.19. The van der Waals surface area contributed by atoms with E-state index in [4.69, 9.17) is 0 Å². The van der Waals surface area contributed by atoms with Crippen LogP contribution in [-0.4, -0.2) is 34.7 Å². The number of amides is 4. The summed E-state index contributed by atoms with van der Waals surface area (Å²) >= 11 is 0. The lowest BCUT2D eigenvalue weighted by Gasteiger charge is -2.20. The summed E-state index contributed by atoms with van der Waals surface area (Å²) in [6, 6.07) is 13.8. The number of rotatable bonds is 12. The highest BCUT2D eigenvalue weighted by Gasteiger charge is 2.16. The molecule has 0 bridgehead atoms. The number of hydrogen-bond donors (Lipinski definition) is 4. The highest BCUT2D eigenvalue weighted by molar-refractivity contribution is 5.97. The summed E-state index contributed by atoms with van der Waals surface area (Å²) in [6.45, 7) is 11.6. The zero-order chi connectivity index (χ0) is 29.1. The molecule has 4 amide bonds. The monoisotopic (exact) mass is 536 g/mol. The molecule has 0 radical (unpaired) electrons. The van der Waals surface area contributed by atoms with E-state index >= 15 is 0 Å². The maximum Gasteiger partial charge on any atom is 0.251 e. The van der Waals surface area contributed by atoms with Gasteiger partial charge in [-0.3, -0.25) is 19.2 Å². The standard InChI is InChI=1S/C31H44N4O4/c1-30(2,3)34-28(38)22-14-18-24(19-15-22)32-26(36)12-10-8-7-9-11-13-27(37)33-25-20-16-23(17-21-25)29(39)35-31(4,5)6/h14-21H,7-13H2,1-6H3,(H,32,36)(H,33,37)(H,34,38)(H,35,39). The molecule has 2 aromatic rings. The molecule has 0 atom stereocenters. The molecular weight excluding hydrogens is 492 g/mol. The van der Waals surface area contributed by atoms with Gasteiger partial charge in [0, 0.05) is 46.4 Å². The fourth-order valence-corrected chi connectivity index (χ4v) is 3.78. The Morgan fingerprint density at radius 3 is 1.13 bits per heavy atom. The topological polar surface area (TPSA) is 116 Å². The molecule has 0 saturated carbocycles. The van der Waals surface area contributed by atoms with Gasteiger partial charge >= 0.3 is 0 Å². The Labute approximate surface area is 232 Å². The van der Waals surface area contributed by atoms with Gasteiger partial charge < -0.3 is 21.3 Å². The van der Waals surface area contributed by atoms with Gasteiger partial charge in [-0.1, -0.05) is 19.3 Å². The molecule has 0 aliphatic carbocycles. The van der Waals surface area contributed by atoms with Gasteiger partial charge in [-0.15, -0.1) is 0 Å². The van der Waals surface area contributed by atoms with Crippen LogP contribution in [0.4, 0.5) is 11.4 Å². The molecule has 0 aromatic heterocycles. The molecule has 212 valence electrons. The molecule has 39 heavy (non-hydrogen) atoms. The number of carbonyl (C=O) groups excluding carboxylic acids is 4. The molecule has 0 saturated heterocycles. The molecule has 0 unspecified atom stereocenters. The van der Waals surface area contributed by atoms with Crippen molar-refractivity contribution in [3.05, 3.63) is 59.7 Å². The zero-order valence-electron chi connectivity index (χ0n) is 24.2. The lowest BCUT2D eigenvalue weighted by atomic mass is 10.1. The summed E-state index contributed by atoms with van der Waals surface area (Å²) in [4.78, 5) is 48.8. The average molecular weight is 537 g/mol. The van der Waals surface area contributed by atoms with E-state index in [-0.39, 0.29) is 34.7 Å². The fourth-order valence-electron chi connectivity index (χ4n) is 3.78.